The van der Waals surface area contributed by atoms with Crippen molar-refractivity contribution < 1.29 is 0 Å². The Morgan fingerprint density at radius 1 is 1.31 bits per heavy atom. The van der Waals surface area contributed by atoms with Crippen LogP contribution in [0, 0.1) is 0 Å². The molecule has 0 amide bonds. The van der Waals surface area contributed by atoms with E-state index in [4.69, 9.17) is 23.2 Å². The van der Waals surface area contributed by atoms with Gasteiger partial charge in [-0.3, -0.25) is 0 Å². The van der Waals surface area contributed by atoms with Crippen molar-refractivity contribution in [3.63, 3.8) is 0 Å². The van der Waals surface area contributed by atoms with Crippen molar-refractivity contribution in [1.82, 2.24) is 15.2 Å². The van der Waals surface area contributed by atoms with Crippen LogP contribution in [0.4, 0.5) is 0 Å². The molecule has 0 radical (unpaired) electrons. The first-order valence-electron chi connectivity index (χ1n) is 3.35. The maximum Gasteiger partial charge on any atom is 0.150 e. The predicted octanol–water partition coefficient (Wildman–Crippen LogP) is 2.91. The fraction of sp³-hybridized carbons (Fsp3) is 0. The Hall–Kier alpha value is -0.710. The Kier molecular flexibility index (Phi) is 2.44. The van der Waals surface area contributed by atoms with Gasteiger partial charge in [0.1, 0.15) is 10.7 Å². The first-order valence-corrected chi connectivity index (χ1v) is 4.98. The van der Waals surface area contributed by atoms with Crippen LogP contribution in [0.15, 0.2) is 17.8 Å². The highest BCUT2D eigenvalue weighted by Crippen LogP contribution is 2.29. The van der Waals surface area contributed by atoms with E-state index in [0.29, 0.717) is 10.2 Å². The summed E-state index contributed by atoms with van der Waals surface area (Å²) in [5.41, 5.74) is 2.40. The van der Waals surface area contributed by atoms with Gasteiger partial charge < -0.3 is 0 Å². The van der Waals surface area contributed by atoms with Crippen LogP contribution in [0.2, 0.25) is 10.2 Å². The summed E-state index contributed by atoms with van der Waals surface area (Å²) in [6, 6.07) is 1.58. The summed E-state index contributed by atoms with van der Waals surface area (Å²) in [7, 11) is 0. The molecule has 3 nitrogen and oxygen atoms in total. The SMILES string of the molecule is Clc1cc(Cl)c(-c2nncs2)cn1. The zero-order valence-corrected chi connectivity index (χ0v) is 8.57. The van der Waals surface area contributed by atoms with Gasteiger partial charge in [-0.2, -0.15) is 0 Å². The van der Waals surface area contributed by atoms with Crippen molar-refractivity contribution in [2.45, 2.75) is 0 Å². The lowest BCUT2D eigenvalue weighted by molar-refractivity contribution is 1.09. The second kappa shape index (κ2) is 3.57. The normalized spacial score (nSPS) is 10.3. The van der Waals surface area contributed by atoms with E-state index in [0.717, 1.165) is 10.6 Å². The number of aromatic nitrogens is 3. The second-order valence-corrected chi connectivity index (χ2v) is 3.86. The van der Waals surface area contributed by atoms with Crippen LogP contribution in [0.25, 0.3) is 10.6 Å². The average molecular weight is 232 g/mol. The number of nitrogens with zero attached hydrogens (tertiary/aromatic N) is 3. The fourth-order valence-electron chi connectivity index (χ4n) is 0.855. The summed E-state index contributed by atoms with van der Waals surface area (Å²) in [4.78, 5) is 3.92. The molecule has 0 aliphatic heterocycles. The van der Waals surface area contributed by atoms with E-state index in [1.807, 2.05) is 0 Å². The van der Waals surface area contributed by atoms with Crippen LogP contribution in [0.1, 0.15) is 0 Å². The maximum absolute atomic E-state index is 5.94. The molecule has 0 saturated carbocycles. The summed E-state index contributed by atoms with van der Waals surface area (Å²) in [5.74, 6) is 0. The smallest absolute Gasteiger partial charge is 0.150 e. The highest BCUT2D eigenvalue weighted by Gasteiger charge is 2.07. The molecule has 2 rings (SSSR count). The van der Waals surface area contributed by atoms with Crippen molar-refractivity contribution in [3.05, 3.63) is 27.9 Å². The third kappa shape index (κ3) is 1.80. The zero-order valence-electron chi connectivity index (χ0n) is 6.24. The average Bonchev–Trinajstić information content (AvgIpc) is 2.56. The van der Waals surface area contributed by atoms with E-state index in [1.165, 1.54) is 11.3 Å². The molecule has 0 atom stereocenters. The quantitative estimate of drug-likeness (QED) is 0.709. The molecule has 0 fully saturated rings. The van der Waals surface area contributed by atoms with Crippen molar-refractivity contribution in [1.29, 1.82) is 0 Å². The van der Waals surface area contributed by atoms with Crippen molar-refractivity contribution in [2.75, 3.05) is 0 Å². The lowest BCUT2D eigenvalue weighted by Crippen LogP contribution is -1.82. The van der Waals surface area contributed by atoms with E-state index in [-0.39, 0.29) is 0 Å². The molecule has 2 heterocycles. The summed E-state index contributed by atoms with van der Waals surface area (Å²) < 4.78 is 0. The molecule has 66 valence electrons. The topological polar surface area (TPSA) is 38.7 Å². The van der Waals surface area contributed by atoms with Crippen LogP contribution < -0.4 is 0 Å². The molecule has 2 aromatic heterocycles. The van der Waals surface area contributed by atoms with E-state index in [1.54, 1.807) is 17.8 Å². The zero-order chi connectivity index (χ0) is 9.26. The largest absolute Gasteiger partial charge is 0.244 e. The Labute approximate surface area is 88.4 Å². The van der Waals surface area contributed by atoms with E-state index < -0.39 is 0 Å². The summed E-state index contributed by atoms with van der Waals surface area (Å²) in [6.07, 6.45) is 1.59. The van der Waals surface area contributed by atoms with Crippen LogP contribution in [0.5, 0.6) is 0 Å². The molecule has 0 unspecified atom stereocenters. The molecule has 0 saturated heterocycles. The van der Waals surface area contributed by atoms with Gasteiger partial charge in [-0.1, -0.05) is 34.5 Å². The maximum atomic E-state index is 5.94. The molecule has 2 aromatic rings. The first kappa shape index (κ1) is 8.87. The standard InChI is InChI=1S/C7H3Cl2N3S/c8-5-1-6(9)10-2-4(5)7-12-11-3-13-7/h1-3H. The molecule has 13 heavy (non-hydrogen) atoms. The molecule has 0 bridgehead atoms. The van der Waals surface area contributed by atoms with Gasteiger partial charge in [0.25, 0.3) is 0 Å². The van der Waals surface area contributed by atoms with E-state index in [9.17, 15) is 0 Å². The Bertz CT molecular complexity index is 416. The monoisotopic (exact) mass is 231 g/mol. The van der Waals surface area contributed by atoms with Crippen molar-refractivity contribution in [3.8, 4) is 10.6 Å². The van der Waals surface area contributed by atoms with Crippen LogP contribution in [0.3, 0.4) is 0 Å². The molecule has 6 heteroatoms. The lowest BCUT2D eigenvalue weighted by atomic mass is 10.3. The third-order valence-electron chi connectivity index (χ3n) is 1.41. The fourth-order valence-corrected chi connectivity index (χ4v) is 1.94. The van der Waals surface area contributed by atoms with Crippen LogP contribution >= 0.6 is 34.5 Å². The highest BCUT2D eigenvalue weighted by molar-refractivity contribution is 7.12. The Morgan fingerprint density at radius 2 is 2.15 bits per heavy atom. The molecule has 0 spiro atoms. The van der Waals surface area contributed by atoms with Gasteiger partial charge in [0, 0.05) is 11.8 Å². The van der Waals surface area contributed by atoms with E-state index >= 15 is 0 Å². The third-order valence-corrected chi connectivity index (χ3v) is 2.65. The highest BCUT2D eigenvalue weighted by atomic mass is 35.5. The van der Waals surface area contributed by atoms with Gasteiger partial charge in [-0.15, -0.1) is 10.2 Å². The molecular formula is C7H3Cl2N3S. The molecule has 0 aliphatic rings. The molecule has 0 aliphatic carbocycles. The predicted molar refractivity (Wildman–Crippen MR) is 53.2 cm³/mol. The molecule has 0 aromatic carbocycles. The van der Waals surface area contributed by atoms with Gasteiger partial charge in [-0.25, -0.2) is 4.98 Å². The van der Waals surface area contributed by atoms with Gasteiger partial charge in [0.05, 0.1) is 5.02 Å². The minimum atomic E-state index is 0.373. The first-order chi connectivity index (χ1) is 6.27. The number of pyridine rings is 1. The van der Waals surface area contributed by atoms with Gasteiger partial charge >= 0.3 is 0 Å². The minimum absolute atomic E-state index is 0.373. The summed E-state index contributed by atoms with van der Waals surface area (Å²) >= 11 is 13.0. The van der Waals surface area contributed by atoms with Gasteiger partial charge in [0.15, 0.2) is 5.01 Å². The van der Waals surface area contributed by atoms with Crippen LogP contribution in [-0.4, -0.2) is 15.2 Å². The second-order valence-electron chi connectivity index (χ2n) is 2.23. The van der Waals surface area contributed by atoms with Crippen molar-refractivity contribution >= 4 is 34.5 Å². The molecule has 0 N–H and O–H groups in total. The molecular weight excluding hydrogens is 229 g/mol. The number of hydrogen-bond donors (Lipinski definition) is 0. The Morgan fingerprint density at radius 3 is 2.77 bits per heavy atom. The van der Waals surface area contributed by atoms with E-state index in [2.05, 4.69) is 15.2 Å². The Balaban J connectivity index is 2.53. The lowest BCUT2D eigenvalue weighted by Gasteiger charge is -1.97. The number of halogens is 2. The number of rotatable bonds is 1. The summed E-state index contributed by atoms with van der Waals surface area (Å²) in [5, 5.41) is 9.25. The minimum Gasteiger partial charge on any atom is -0.244 e. The van der Waals surface area contributed by atoms with Crippen molar-refractivity contribution in [2.24, 2.45) is 0 Å². The summed E-state index contributed by atoms with van der Waals surface area (Å²) in [6.45, 7) is 0. The van der Waals surface area contributed by atoms with Crippen LogP contribution in [-0.2, 0) is 0 Å². The van der Waals surface area contributed by atoms with Gasteiger partial charge in [-0.05, 0) is 6.07 Å². The number of hydrogen-bond acceptors (Lipinski definition) is 4. The van der Waals surface area contributed by atoms with Gasteiger partial charge in [0.2, 0.25) is 0 Å².